The number of rotatable bonds is 5. The largest absolute Gasteiger partial charge is 0.416 e. The average molecular weight is 403 g/mol. The fourth-order valence-electron chi connectivity index (χ4n) is 1.93. The maximum Gasteiger partial charge on any atom is 0.416 e. The predicted octanol–water partition coefficient (Wildman–Crippen LogP) is 4.31. The lowest BCUT2D eigenvalue weighted by Gasteiger charge is -2.14. The molecule has 1 aromatic heterocycles. The van der Waals surface area contributed by atoms with E-state index in [0.29, 0.717) is 0 Å². The van der Waals surface area contributed by atoms with Gasteiger partial charge in [-0.2, -0.15) is 26.3 Å². The lowest BCUT2D eigenvalue weighted by molar-refractivity contribution is -0.143. The molecule has 138 valence electrons. The summed E-state index contributed by atoms with van der Waals surface area (Å²) in [5, 5.41) is 1.76. The van der Waals surface area contributed by atoms with Crippen LogP contribution in [0.15, 0.2) is 40.6 Å². The van der Waals surface area contributed by atoms with Crippen LogP contribution >= 0.6 is 11.3 Å². The number of alkyl halides is 6. The second-order valence-corrected chi connectivity index (χ2v) is 7.77. The summed E-state index contributed by atoms with van der Waals surface area (Å²) in [4.78, 5) is -0.261. The van der Waals surface area contributed by atoms with Crippen molar-refractivity contribution < 1.29 is 34.8 Å². The van der Waals surface area contributed by atoms with Crippen molar-refractivity contribution in [1.82, 2.24) is 4.72 Å². The molecular weight excluding hydrogens is 392 g/mol. The molecule has 0 unspecified atom stereocenters. The highest BCUT2D eigenvalue weighted by molar-refractivity contribution is 7.89. The molecule has 0 amide bonds. The van der Waals surface area contributed by atoms with Gasteiger partial charge in [-0.1, -0.05) is 6.07 Å². The Morgan fingerprint density at radius 2 is 1.52 bits per heavy atom. The number of halogens is 6. The molecule has 0 saturated heterocycles. The van der Waals surface area contributed by atoms with Gasteiger partial charge in [0.15, 0.2) is 0 Å². The molecule has 25 heavy (non-hydrogen) atoms. The summed E-state index contributed by atoms with van der Waals surface area (Å²) in [6.07, 6.45) is -9.95. The second kappa shape index (κ2) is 6.96. The fraction of sp³-hybridized carbons (Fsp3) is 0.286. The summed E-state index contributed by atoms with van der Waals surface area (Å²) in [5.74, 6) is 0. The number of nitrogens with one attached hydrogen (secondary N) is 1. The van der Waals surface area contributed by atoms with E-state index in [-0.39, 0.29) is 31.2 Å². The van der Waals surface area contributed by atoms with Crippen LogP contribution in [0.5, 0.6) is 0 Å². The highest BCUT2D eigenvalue weighted by Crippen LogP contribution is 2.37. The average Bonchev–Trinajstić information content (AvgIpc) is 2.98. The van der Waals surface area contributed by atoms with Gasteiger partial charge in [-0.15, -0.1) is 11.3 Å². The third-order valence-corrected chi connectivity index (χ3v) is 5.49. The van der Waals surface area contributed by atoms with Crippen LogP contribution in [0.1, 0.15) is 16.0 Å². The van der Waals surface area contributed by atoms with Crippen LogP contribution in [0.3, 0.4) is 0 Å². The van der Waals surface area contributed by atoms with E-state index in [1.165, 1.54) is 11.3 Å². The summed E-state index contributed by atoms with van der Waals surface area (Å²) < 4.78 is 103. The van der Waals surface area contributed by atoms with Crippen molar-refractivity contribution in [2.45, 2.75) is 23.7 Å². The van der Waals surface area contributed by atoms with Gasteiger partial charge in [-0.3, -0.25) is 0 Å². The molecule has 0 radical (unpaired) electrons. The minimum absolute atomic E-state index is 0.120. The molecule has 0 bridgehead atoms. The molecule has 3 nitrogen and oxygen atoms in total. The molecule has 0 aliphatic rings. The van der Waals surface area contributed by atoms with Crippen LogP contribution in [0.25, 0.3) is 0 Å². The van der Waals surface area contributed by atoms with Crippen molar-refractivity contribution in [1.29, 1.82) is 0 Å². The first kappa shape index (κ1) is 19.7. The van der Waals surface area contributed by atoms with E-state index in [4.69, 9.17) is 0 Å². The summed E-state index contributed by atoms with van der Waals surface area (Å²) in [6.45, 7) is -0.152. The van der Waals surface area contributed by atoms with Gasteiger partial charge in [-0.25, -0.2) is 13.1 Å². The maximum atomic E-state index is 12.8. The minimum atomic E-state index is -5.11. The van der Waals surface area contributed by atoms with Gasteiger partial charge in [0.2, 0.25) is 10.0 Å². The van der Waals surface area contributed by atoms with Crippen molar-refractivity contribution in [2.75, 3.05) is 6.54 Å². The predicted molar refractivity (Wildman–Crippen MR) is 79.7 cm³/mol. The number of sulfonamides is 1. The zero-order valence-electron chi connectivity index (χ0n) is 12.3. The molecule has 0 fully saturated rings. The molecular formula is C14H11F6NO2S2. The molecule has 0 aliphatic heterocycles. The van der Waals surface area contributed by atoms with Crippen molar-refractivity contribution in [3.05, 3.63) is 51.7 Å². The van der Waals surface area contributed by atoms with Crippen LogP contribution in [-0.4, -0.2) is 15.0 Å². The van der Waals surface area contributed by atoms with E-state index in [0.717, 1.165) is 4.88 Å². The van der Waals surface area contributed by atoms with Crippen LogP contribution in [0.4, 0.5) is 26.3 Å². The maximum absolute atomic E-state index is 12.8. The highest BCUT2D eigenvalue weighted by atomic mass is 32.2. The molecule has 2 rings (SSSR count). The van der Waals surface area contributed by atoms with Gasteiger partial charge in [0.1, 0.15) is 0 Å². The molecule has 1 heterocycles. The van der Waals surface area contributed by atoms with Gasteiger partial charge in [0.05, 0.1) is 16.0 Å². The normalized spacial score (nSPS) is 13.2. The molecule has 0 saturated carbocycles. The van der Waals surface area contributed by atoms with Crippen molar-refractivity contribution in [2.24, 2.45) is 0 Å². The first-order valence-corrected chi connectivity index (χ1v) is 9.07. The Morgan fingerprint density at radius 1 is 0.960 bits per heavy atom. The highest BCUT2D eigenvalue weighted by Gasteiger charge is 2.38. The zero-order valence-corrected chi connectivity index (χ0v) is 13.9. The Balaban J connectivity index is 2.32. The molecule has 11 heteroatoms. The molecule has 1 aromatic carbocycles. The Kier molecular flexibility index (Phi) is 5.50. The lowest BCUT2D eigenvalue weighted by Crippen LogP contribution is -2.26. The number of benzene rings is 1. The zero-order chi connectivity index (χ0) is 18.9. The number of thiophene rings is 1. The van der Waals surface area contributed by atoms with E-state index >= 15 is 0 Å². The van der Waals surface area contributed by atoms with Gasteiger partial charge in [0, 0.05) is 11.4 Å². The topological polar surface area (TPSA) is 46.2 Å². The number of hydrogen-bond acceptors (Lipinski definition) is 3. The molecule has 1 N–H and O–H groups in total. The van der Waals surface area contributed by atoms with Gasteiger partial charge in [-0.05, 0) is 36.1 Å². The lowest BCUT2D eigenvalue weighted by atomic mass is 10.1. The van der Waals surface area contributed by atoms with Crippen molar-refractivity contribution in [3.63, 3.8) is 0 Å². The van der Waals surface area contributed by atoms with Crippen LogP contribution in [0, 0.1) is 0 Å². The van der Waals surface area contributed by atoms with Crippen molar-refractivity contribution >= 4 is 21.4 Å². The van der Waals surface area contributed by atoms with Crippen LogP contribution in [-0.2, 0) is 28.8 Å². The Labute approximate surface area is 143 Å². The smallest absolute Gasteiger partial charge is 0.211 e. The third kappa shape index (κ3) is 5.19. The van der Waals surface area contributed by atoms with E-state index in [1.54, 1.807) is 17.5 Å². The van der Waals surface area contributed by atoms with Gasteiger partial charge in [0.25, 0.3) is 0 Å². The van der Waals surface area contributed by atoms with Crippen LogP contribution < -0.4 is 4.72 Å². The number of hydrogen-bond donors (Lipinski definition) is 1. The van der Waals surface area contributed by atoms with E-state index in [2.05, 4.69) is 0 Å². The summed E-state index contributed by atoms with van der Waals surface area (Å²) in [6, 6.07) is 3.71. The van der Waals surface area contributed by atoms with Gasteiger partial charge < -0.3 is 0 Å². The van der Waals surface area contributed by atoms with Gasteiger partial charge >= 0.3 is 12.4 Å². The summed E-state index contributed by atoms with van der Waals surface area (Å²) >= 11 is 1.35. The Hall–Kier alpha value is -1.59. The van der Waals surface area contributed by atoms with E-state index < -0.39 is 38.4 Å². The summed E-state index contributed by atoms with van der Waals surface area (Å²) in [7, 11) is -4.52. The molecule has 0 atom stereocenters. The van der Waals surface area contributed by atoms with Crippen LogP contribution in [0.2, 0.25) is 0 Å². The Bertz CT molecular complexity index is 794. The van der Waals surface area contributed by atoms with Crippen molar-refractivity contribution in [3.8, 4) is 0 Å². The standard InChI is InChI=1S/C14H11F6NO2S2/c15-13(16,17)9-6-10(14(18,19)20)8-12(7-9)25(22,23)21-4-3-11-2-1-5-24-11/h1-2,5-8,21H,3-4H2. The Morgan fingerprint density at radius 3 is 1.96 bits per heavy atom. The minimum Gasteiger partial charge on any atom is -0.211 e. The fourth-order valence-corrected chi connectivity index (χ4v) is 3.74. The molecule has 0 spiro atoms. The molecule has 0 aliphatic carbocycles. The SMILES string of the molecule is O=S(=O)(NCCc1cccs1)c1cc(C(F)(F)F)cc(C(F)(F)F)c1. The monoisotopic (exact) mass is 403 g/mol. The third-order valence-electron chi connectivity index (χ3n) is 3.12. The van der Waals surface area contributed by atoms with E-state index in [9.17, 15) is 34.8 Å². The quantitative estimate of drug-likeness (QED) is 0.757. The molecule has 2 aromatic rings. The first-order valence-electron chi connectivity index (χ1n) is 6.71. The van der Waals surface area contributed by atoms with E-state index in [1.807, 2.05) is 4.72 Å². The second-order valence-electron chi connectivity index (χ2n) is 4.97. The first-order chi connectivity index (χ1) is 11.4. The summed E-state index contributed by atoms with van der Waals surface area (Å²) in [5.41, 5.74) is -3.36.